The largest absolute Gasteiger partial charge is 0.297 e. The fraction of sp³-hybridized carbons (Fsp3) is 0.111. The fourth-order valence-corrected chi connectivity index (χ4v) is 1.95. The van der Waals surface area contributed by atoms with Crippen LogP contribution in [0.1, 0.15) is 0 Å². The molecule has 3 nitrogen and oxygen atoms in total. The molecular weight excluding hydrogens is 268 g/mol. The van der Waals surface area contributed by atoms with Gasteiger partial charge in [0.15, 0.2) is 0 Å². The Labute approximate surface area is 91.7 Å². The van der Waals surface area contributed by atoms with Crippen LogP contribution in [0.15, 0.2) is 46.3 Å². The van der Waals surface area contributed by atoms with E-state index in [1.165, 1.54) is 18.2 Å². The molecule has 0 amide bonds. The first-order chi connectivity index (χ1) is 6.56. The lowest BCUT2D eigenvalue weighted by atomic mass is 10.4. The Morgan fingerprint density at radius 3 is 2.43 bits per heavy atom. The van der Waals surface area contributed by atoms with Crippen molar-refractivity contribution in [2.45, 2.75) is 4.90 Å². The van der Waals surface area contributed by atoms with Crippen LogP contribution in [0.5, 0.6) is 0 Å². The first-order valence-electron chi connectivity index (χ1n) is 3.82. The van der Waals surface area contributed by atoms with E-state index in [1.807, 2.05) is 0 Å². The maximum atomic E-state index is 11.4. The quantitative estimate of drug-likeness (QED) is 0.626. The Morgan fingerprint density at radius 2 is 1.93 bits per heavy atom. The summed E-state index contributed by atoms with van der Waals surface area (Å²) >= 11 is 3.21. The SMILES string of the molecule is C=CCOS(=O)(=O)c1ccc(Br)cc1. The van der Waals surface area contributed by atoms with E-state index in [4.69, 9.17) is 0 Å². The highest BCUT2D eigenvalue weighted by Gasteiger charge is 2.13. The molecule has 0 aliphatic rings. The van der Waals surface area contributed by atoms with Gasteiger partial charge in [-0.25, -0.2) is 0 Å². The second-order valence-electron chi connectivity index (χ2n) is 2.48. The van der Waals surface area contributed by atoms with Crippen LogP contribution in [-0.4, -0.2) is 15.0 Å². The smallest absolute Gasteiger partial charge is 0.262 e. The van der Waals surface area contributed by atoms with E-state index in [9.17, 15) is 8.42 Å². The minimum Gasteiger partial charge on any atom is -0.262 e. The van der Waals surface area contributed by atoms with Crippen molar-refractivity contribution in [2.24, 2.45) is 0 Å². The zero-order valence-electron chi connectivity index (χ0n) is 7.31. The van der Waals surface area contributed by atoms with Crippen molar-refractivity contribution in [3.63, 3.8) is 0 Å². The van der Waals surface area contributed by atoms with E-state index in [2.05, 4.69) is 26.7 Å². The summed E-state index contributed by atoms with van der Waals surface area (Å²) in [5.41, 5.74) is 0. The second-order valence-corrected chi connectivity index (χ2v) is 5.01. The van der Waals surface area contributed by atoms with E-state index in [-0.39, 0.29) is 11.5 Å². The Bertz CT molecular complexity index is 408. The molecule has 0 fully saturated rings. The predicted octanol–water partition coefficient (Wildman–Crippen LogP) is 2.34. The molecule has 0 saturated carbocycles. The van der Waals surface area contributed by atoms with E-state index in [1.54, 1.807) is 12.1 Å². The molecule has 0 aromatic heterocycles. The second kappa shape index (κ2) is 4.72. The third-order valence-electron chi connectivity index (χ3n) is 1.44. The van der Waals surface area contributed by atoms with Gasteiger partial charge in [-0.1, -0.05) is 22.0 Å². The van der Waals surface area contributed by atoms with Gasteiger partial charge in [0.25, 0.3) is 10.1 Å². The monoisotopic (exact) mass is 276 g/mol. The summed E-state index contributed by atoms with van der Waals surface area (Å²) in [6.07, 6.45) is 1.39. The first kappa shape index (κ1) is 11.4. The van der Waals surface area contributed by atoms with Crippen LogP contribution in [0, 0.1) is 0 Å². The Kier molecular flexibility index (Phi) is 3.86. The summed E-state index contributed by atoms with van der Waals surface area (Å²) in [5.74, 6) is 0. The van der Waals surface area contributed by atoms with Crippen LogP contribution in [0.4, 0.5) is 0 Å². The van der Waals surface area contributed by atoms with Gasteiger partial charge >= 0.3 is 0 Å². The minimum absolute atomic E-state index is 0.0155. The Morgan fingerprint density at radius 1 is 1.36 bits per heavy atom. The van der Waals surface area contributed by atoms with Crippen LogP contribution in [0.2, 0.25) is 0 Å². The average molecular weight is 277 g/mol. The predicted molar refractivity (Wildman–Crippen MR) is 57.5 cm³/mol. The number of hydrogen-bond donors (Lipinski definition) is 0. The maximum Gasteiger partial charge on any atom is 0.297 e. The molecule has 1 rings (SSSR count). The van der Waals surface area contributed by atoms with Crippen molar-refractivity contribution < 1.29 is 12.6 Å². The molecule has 0 spiro atoms. The average Bonchev–Trinajstić information content (AvgIpc) is 2.16. The number of hydrogen-bond acceptors (Lipinski definition) is 3. The van der Waals surface area contributed by atoms with Crippen LogP contribution in [0.25, 0.3) is 0 Å². The summed E-state index contributed by atoms with van der Waals surface area (Å²) in [7, 11) is -3.63. The van der Waals surface area contributed by atoms with Gasteiger partial charge in [0.2, 0.25) is 0 Å². The minimum atomic E-state index is -3.63. The summed E-state index contributed by atoms with van der Waals surface area (Å²) in [6.45, 7) is 3.36. The highest BCUT2D eigenvalue weighted by molar-refractivity contribution is 9.10. The van der Waals surface area contributed by atoms with Gasteiger partial charge < -0.3 is 0 Å². The molecule has 1 aromatic rings. The van der Waals surface area contributed by atoms with Crippen molar-refractivity contribution >= 4 is 26.0 Å². The van der Waals surface area contributed by atoms with Crippen molar-refractivity contribution in [1.82, 2.24) is 0 Å². The van der Waals surface area contributed by atoms with Crippen LogP contribution in [-0.2, 0) is 14.3 Å². The van der Waals surface area contributed by atoms with Gasteiger partial charge in [-0.05, 0) is 24.3 Å². The van der Waals surface area contributed by atoms with E-state index < -0.39 is 10.1 Å². The number of rotatable bonds is 4. The molecule has 0 saturated heterocycles. The van der Waals surface area contributed by atoms with E-state index in [0.717, 1.165) is 4.47 Å². The van der Waals surface area contributed by atoms with Crippen molar-refractivity contribution in [3.8, 4) is 0 Å². The highest BCUT2D eigenvalue weighted by Crippen LogP contribution is 2.16. The molecule has 0 aliphatic heterocycles. The third kappa shape index (κ3) is 2.94. The molecule has 0 N–H and O–H groups in total. The number of benzene rings is 1. The standard InChI is InChI=1S/C9H9BrO3S/c1-2-7-13-14(11,12)9-5-3-8(10)4-6-9/h2-6H,1,7H2. The van der Waals surface area contributed by atoms with Crippen LogP contribution in [0.3, 0.4) is 0 Å². The zero-order chi connectivity index (χ0) is 10.6. The van der Waals surface area contributed by atoms with Gasteiger partial charge in [-0.2, -0.15) is 8.42 Å². The molecule has 0 unspecified atom stereocenters. The van der Waals surface area contributed by atoms with E-state index >= 15 is 0 Å². The molecule has 76 valence electrons. The van der Waals surface area contributed by atoms with Gasteiger partial charge in [0, 0.05) is 4.47 Å². The topological polar surface area (TPSA) is 43.4 Å². The van der Waals surface area contributed by atoms with Gasteiger partial charge in [-0.3, -0.25) is 4.18 Å². The molecule has 5 heteroatoms. The van der Waals surface area contributed by atoms with Gasteiger partial charge in [-0.15, -0.1) is 6.58 Å². The molecule has 0 radical (unpaired) electrons. The zero-order valence-corrected chi connectivity index (χ0v) is 9.71. The Balaban J connectivity index is 2.93. The Hall–Kier alpha value is -0.650. The van der Waals surface area contributed by atoms with Crippen LogP contribution < -0.4 is 0 Å². The highest BCUT2D eigenvalue weighted by atomic mass is 79.9. The van der Waals surface area contributed by atoms with Gasteiger partial charge in [0.05, 0.1) is 11.5 Å². The van der Waals surface area contributed by atoms with Gasteiger partial charge in [0.1, 0.15) is 0 Å². The fourth-order valence-electron chi connectivity index (χ4n) is 0.807. The molecule has 14 heavy (non-hydrogen) atoms. The van der Waals surface area contributed by atoms with Crippen molar-refractivity contribution in [1.29, 1.82) is 0 Å². The summed E-state index contributed by atoms with van der Waals surface area (Å²) in [4.78, 5) is 0.141. The third-order valence-corrected chi connectivity index (χ3v) is 3.27. The maximum absolute atomic E-state index is 11.4. The molecule has 0 heterocycles. The lowest BCUT2D eigenvalue weighted by Gasteiger charge is -2.02. The normalized spacial score (nSPS) is 11.2. The van der Waals surface area contributed by atoms with Crippen molar-refractivity contribution in [2.75, 3.05) is 6.61 Å². The lowest BCUT2D eigenvalue weighted by molar-refractivity contribution is 0.357. The summed E-state index contributed by atoms with van der Waals surface area (Å²) < 4.78 is 28.3. The van der Waals surface area contributed by atoms with E-state index in [0.29, 0.717) is 0 Å². The molecule has 0 aliphatic carbocycles. The molecule has 0 atom stereocenters. The molecular formula is C9H9BrO3S. The number of halogens is 1. The summed E-state index contributed by atoms with van der Waals surface area (Å²) in [6, 6.07) is 6.24. The van der Waals surface area contributed by atoms with Crippen LogP contribution >= 0.6 is 15.9 Å². The van der Waals surface area contributed by atoms with Crippen molar-refractivity contribution in [3.05, 3.63) is 41.4 Å². The summed E-state index contributed by atoms with van der Waals surface area (Å²) in [5, 5.41) is 0. The molecule has 0 bridgehead atoms. The first-order valence-corrected chi connectivity index (χ1v) is 6.02. The molecule has 1 aromatic carbocycles. The lowest BCUT2D eigenvalue weighted by Crippen LogP contribution is -2.05.